The molecule has 0 aromatic carbocycles. The third kappa shape index (κ3) is 8.09. The lowest BCUT2D eigenvalue weighted by atomic mass is 9.79. The van der Waals surface area contributed by atoms with Crippen LogP contribution >= 0.6 is 0 Å². The molecule has 110 valence electrons. The van der Waals surface area contributed by atoms with Gasteiger partial charge in [-0.1, -0.05) is 41.5 Å². The van der Waals surface area contributed by atoms with Crippen LogP contribution in [0, 0.1) is 17.3 Å². The monoisotopic (exact) mass is 277 g/mol. The standard InChI is InChI=1S/C14H31NO2S/c1-7-18(16,17)9-8-13(14(4,5)6)11-15-10-12(2)3/h12-13,15H,7-11H2,1-6H3. The van der Waals surface area contributed by atoms with Gasteiger partial charge >= 0.3 is 0 Å². The number of hydrogen-bond donors (Lipinski definition) is 1. The van der Waals surface area contributed by atoms with Crippen LogP contribution < -0.4 is 5.32 Å². The zero-order valence-corrected chi connectivity index (χ0v) is 13.7. The van der Waals surface area contributed by atoms with Gasteiger partial charge in [0, 0.05) is 5.75 Å². The average Bonchev–Trinajstić information content (AvgIpc) is 2.20. The molecule has 0 saturated heterocycles. The molecule has 0 saturated carbocycles. The largest absolute Gasteiger partial charge is 0.316 e. The Hall–Kier alpha value is -0.0900. The molecule has 4 heteroatoms. The lowest BCUT2D eigenvalue weighted by Crippen LogP contribution is -2.35. The van der Waals surface area contributed by atoms with Crippen molar-refractivity contribution in [2.75, 3.05) is 24.6 Å². The van der Waals surface area contributed by atoms with E-state index in [2.05, 4.69) is 39.9 Å². The molecule has 0 bridgehead atoms. The summed E-state index contributed by atoms with van der Waals surface area (Å²) in [5.74, 6) is 1.60. The molecular weight excluding hydrogens is 246 g/mol. The second kappa shape index (κ2) is 7.49. The van der Waals surface area contributed by atoms with Crippen molar-refractivity contribution in [3.05, 3.63) is 0 Å². The van der Waals surface area contributed by atoms with Gasteiger partial charge in [-0.05, 0) is 36.8 Å². The summed E-state index contributed by atoms with van der Waals surface area (Å²) in [5, 5.41) is 3.45. The van der Waals surface area contributed by atoms with Crippen LogP contribution in [-0.4, -0.2) is 33.0 Å². The van der Waals surface area contributed by atoms with E-state index < -0.39 is 9.84 Å². The third-order valence-corrected chi connectivity index (χ3v) is 5.12. The first-order valence-corrected chi connectivity index (χ1v) is 8.81. The van der Waals surface area contributed by atoms with Crippen LogP contribution in [0.15, 0.2) is 0 Å². The Morgan fingerprint density at radius 3 is 2.06 bits per heavy atom. The van der Waals surface area contributed by atoms with E-state index in [1.165, 1.54) is 0 Å². The summed E-state index contributed by atoms with van der Waals surface area (Å²) in [4.78, 5) is 0. The summed E-state index contributed by atoms with van der Waals surface area (Å²) in [7, 11) is -2.84. The van der Waals surface area contributed by atoms with Crippen molar-refractivity contribution >= 4 is 9.84 Å². The van der Waals surface area contributed by atoms with Crippen molar-refractivity contribution in [3.8, 4) is 0 Å². The minimum absolute atomic E-state index is 0.146. The fraction of sp³-hybridized carbons (Fsp3) is 1.00. The summed E-state index contributed by atoms with van der Waals surface area (Å²) >= 11 is 0. The van der Waals surface area contributed by atoms with Gasteiger partial charge in [-0.25, -0.2) is 8.42 Å². The predicted octanol–water partition coefficient (Wildman–Crippen LogP) is 2.72. The molecule has 0 fully saturated rings. The van der Waals surface area contributed by atoms with Crippen LogP contribution in [0.3, 0.4) is 0 Å². The fourth-order valence-electron chi connectivity index (χ4n) is 1.85. The summed E-state index contributed by atoms with van der Waals surface area (Å²) in [6.45, 7) is 14.5. The van der Waals surface area contributed by atoms with Crippen LogP contribution in [0.2, 0.25) is 0 Å². The van der Waals surface area contributed by atoms with Crippen LogP contribution in [0.25, 0.3) is 0 Å². The first kappa shape index (κ1) is 17.9. The highest BCUT2D eigenvalue weighted by atomic mass is 32.2. The van der Waals surface area contributed by atoms with E-state index in [-0.39, 0.29) is 11.2 Å². The Morgan fingerprint density at radius 1 is 1.11 bits per heavy atom. The second-order valence-corrected chi connectivity index (χ2v) is 9.11. The fourth-order valence-corrected chi connectivity index (χ4v) is 2.79. The maximum absolute atomic E-state index is 11.6. The Kier molecular flexibility index (Phi) is 7.45. The quantitative estimate of drug-likeness (QED) is 0.742. The Balaban J connectivity index is 4.34. The van der Waals surface area contributed by atoms with E-state index in [4.69, 9.17) is 0 Å². The lowest BCUT2D eigenvalue weighted by molar-refractivity contribution is 0.224. The summed E-state index contributed by atoms with van der Waals surface area (Å²) < 4.78 is 23.2. The van der Waals surface area contributed by atoms with E-state index in [1.807, 2.05) is 0 Å². The molecule has 1 atom stereocenters. The van der Waals surface area contributed by atoms with E-state index in [1.54, 1.807) is 6.92 Å². The molecule has 0 aromatic heterocycles. The minimum Gasteiger partial charge on any atom is -0.316 e. The number of rotatable bonds is 8. The molecule has 0 heterocycles. The molecule has 0 aliphatic rings. The Morgan fingerprint density at radius 2 is 1.67 bits per heavy atom. The number of hydrogen-bond acceptors (Lipinski definition) is 3. The van der Waals surface area contributed by atoms with Crippen molar-refractivity contribution < 1.29 is 8.42 Å². The number of sulfone groups is 1. The first-order chi connectivity index (χ1) is 8.08. The van der Waals surface area contributed by atoms with Crippen LogP contribution in [-0.2, 0) is 9.84 Å². The molecule has 0 aliphatic carbocycles. The van der Waals surface area contributed by atoms with Crippen LogP contribution in [0.1, 0.15) is 48.0 Å². The van der Waals surface area contributed by atoms with Crippen molar-refractivity contribution in [1.82, 2.24) is 5.32 Å². The predicted molar refractivity (Wildman–Crippen MR) is 79.6 cm³/mol. The SMILES string of the molecule is CCS(=O)(=O)CCC(CNCC(C)C)C(C)(C)C. The van der Waals surface area contributed by atoms with Crippen molar-refractivity contribution in [1.29, 1.82) is 0 Å². The molecule has 0 aromatic rings. The molecule has 18 heavy (non-hydrogen) atoms. The van der Waals surface area contributed by atoms with Gasteiger partial charge in [-0.15, -0.1) is 0 Å². The highest BCUT2D eigenvalue weighted by Crippen LogP contribution is 2.28. The maximum atomic E-state index is 11.6. The minimum atomic E-state index is -2.84. The van der Waals surface area contributed by atoms with E-state index in [0.717, 1.165) is 19.5 Å². The molecule has 3 nitrogen and oxygen atoms in total. The molecule has 0 spiro atoms. The van der Waals surface area contributed by atoms with Crippen molar-refractivity contribution in [3.63, 3.8) is 0 Å². The highest BCUT2D eigenvalue weighted by Gasteiger charge is 2.25. The topological polar surface area (TPSA) is 46.2 Å². The van der Waals surface area contributed by atoms with Gasteiger partial charge in [0.25, 0.3) is 0 Å². The molecule has 0 amide bonds. The van der Waals surface area contributed by atoms with Crippen LogP contribution in [0.4, 0.5) is 0 Å². The maximum Gasteiger partial charge on any atom is 0.150 e. The van der Waals surface area contributed by atoms with Gasteiger partial charge in [0.2, 0.25) is 0 Å². The van der Waals surface area contributed by atoms with Gasteiger partial charge in [0.15, 0.2) is 0 Å². The Bertz CT molecular complexity index is 315. The van der Waals surface area contributed by atoms with Gasteiger partial charge in [0.05, 0.1) is 5.75 Å². The Labute approximate surface area is 114 Å². The van der Waals surface area contributed by atoms with Gasteiger partial charge in [-0.3, -0.25) is 0 Å². The molecule has 1 N–H and O–H groups in total. The number of nitrogens with one attached hydrogen (secondary N) is 1. The van der Waals surface area contributed by atoms with Gasteiger partial charge in [0.1, 0.15) is 9.84 Å². The zero-order chi connectivity index (χ0) is 14.4. The molecule has 0 rings (SSSR count). The molecule has 0 aliphatic heterocycles. The van der Waals surface area contributed by atoms with Crippen molar-refractivity contribution in [2.24, 2.45) is 17.3 Å². The highest BCUT2D eigenvalue weighted by molar-refractivity contribution is 7.91. The summed E-state index contributed by atoms with van der Waals surface area (Å²) in [6.07, 6.45) is 0.755. The third-order valence-electron chi connectivity index (χ3n) is 3.39. The molecular formula is C14H31NO2S. The smallest absolute Gasteiger partial charge is 0.150 e. The van der Waals surface area contributed by atoms with E-state index in [9.17, 15) is 8.42 Å². The van der Waals surface area contributed by atoms with Crippen molar-refractivity contribution in [2.45, 2.75) is 48.0 Å². The summed E-state index contributed by atoms with van der Waals surface area (Å²) in [6, 6.07) is 0. The van der Waals surface area contributed by atoms with Gasteiger partial charge in [-0.2, -0.15) is 0 Å². The lowest BCUT2D eigenvalue weighted by Gasteiger charge is -2.31. The normalized spacial score (nSPS) is 15.1. The molecule has 1 unspecified atom stereocenters. The van der Waals surface area contributed by atoms with E-state index in [0.29, 0.717) is 17.6 Å². The zero-order valence-electron chi connectivity index (χ0n) is 12.9. The van der Waals surface area contributed by atoms with Crippen LogP contribution in [0.5, 0.6) is 0 Å². The molecule has 0 radical (unpaired) electrons. The van der Waals surface area contributed by atoms with E-state index >= 15 is 0 Å². The second-order valence-electron chi connectivity index (χ2n) is 6.64. The summed E-state index contributed by atoms with van der Waals surface area (Å²) in [5.41, 5.74) is 0.146. The first-order valence-electron chi connectivity index (χ1n) is 6.99. The van der Waals surface area contributed by atoms with Gasteiger partial charge < -0.3 is 5.32 Å². The average molecular weight is 277 g/mol.